The van der Waals surface area contributed by atoms with Gasteiger partial charge in [-0.2, -0.15) is 0 Å². The van der Waals surface area contributed by atoms with Gasteiger partial charge in [0.15, 0.2) is 0 Å². The molecule has 0 aliphatic rings. The third-order valence-electron chi connectivity index (χ3n) is 4.08. The topological polar surface area (TPSA) is 34.1 Å². The van der Waals surface area contributed by atoms with Crippen LogP contribution in [-0.4, -0.2) is 67.5 Å². The molecule has 5 heteroatoms. The molecule has 0 bridgehead atoms. The fourth-order valence-electron chi connectivity index (χ4n) is 2.98. The number of fused-ring (bicyclic) bond motifs is 2. The molecule has 0 saturated carbocycles. The van der Waals surface area contributed by atoms with Crippen LogP contribution in [0.5, 0.6) is 0 Å². The number of hydrogen-bond acceptors (Lipinski definition) is 2. The number of rotatable bonds is 2. The van der Waals surface area contributed by atoms with Crippen molar-refractivity contribution in [3.05, 3.63) is 84.9 Å². The molecule has 25 heavy (non-hydrogen) atoms. The molecule has 0 N–H and O–H groups in total. The van der Waals surface area contributed by atoms with E-state index in [0.29, 0.717) is 9.79 Å². The van der Waals surface area contributed by atoms with Crippen molar-refractivity contribution >= 4 is 90.5 Å². The van der Waals surface area contributed by atoms with E-state index in [2.05, 4.69) is 0 Å². The third kappa shape index (κ3) is 3.74. The summed E-state index contributed by atoms with van der Waals surface area (Å²) >= 11 is 0. The fourth-order valence-corrected chi connectivity index (χ4v) is 4.68. The summed E-state index contributed by atoms with van der Waals surface area (Å²) in [5, 5.41) is 3.36. The van der Waals surface area contributed by atoms with Crippen LogP contribution in [0.25, 0.3) is 21.5 Å². The predicted molar refractivity (Wildman–Crippen MR) is 108 cm³/mol. The summed E-state index contributed by atoms with van der Waals surface area (Å²) in [5.41, 5.74) is 0. The minimum absolute atomic E-state index is 0. The SMILES string of the molecule is O=S(=O)(c1cccc2ccccc12)c1cccc2ccccc12.[NaH].[NaH]. The second kappa shape index (κ2) is 8.36. The number of hydrogen-bond donors (Lipinski definition) is 0. The van der Waals surface area contributed by atoms with Crippen molar-refractivity contribution in [2.75, 3.05) is 0 Å². The molecule has 0 heterocycles. The molecule has 0 radical (unpaired) electrons. The zero-order valence-corrected chi connectivity index (χ0v) is 13.1. The minimum atomic E-state index is -3.59. The van der Waals surface area contributed by atoms with Crippen molar-refractivity contribution in [3.63, 3.8) is 0 Å². The predicted octanol–water partition coefficient (Wildman–Crippen LogP) is 3.53. The van der Waals surface area contributed by atoms with E-state index in [9.17, 15) is 8.42 Å². The van der Waals surface area contributed by atoms with Gasteiger partial charge in [-0.25, -0.2) is 8.42 Å². The van der Waals surface area contributed by atoms with Crippen molar-refractivity contribution in [1.82, 2.24) is 0 Å². The molecule has 4 rings (SSSR count). The Morgan fingerprint density at radius 1 is 0.480 bits per heavy atom. The molecule has 0 aliphatic heterocycles. The molecule has 0 saturated heterocycles. The molecule has 0 spiro atoms. The van der Waals surface area contributed by atoms with E-state index < -0.39 is 9.84 Å². The summed E-state index contributed by atoms with van der Waals surface area (Å²) in [4.78, 5) is 0.707. The molecule has 4 aromatic carbocycles. The van der Waals surface area contributed by atoms with Crippen LogP contribution in [0, 0.1) is 0 Å². The van der Waals surface area contributed by atoms with Crippen molar-refractivity contribution in [2.45, 2.75) is 9.79 Å². The Morgan fingerprint density at radius 2 is 0.840 bits per heavy atom. The van der Waals surface area contributed by atoms with Gasteiger partial charge < -0.3 is 0 Å². The second-order valence-electron chi connectivity index (χ2n) is 5.46. The van der Waals surface area contributed by atoms with Crippen LogP contribution in [0.2, 0.25) is 0 Å². The third-order valence-corrected chi connectivity index (χ3v) is 5.95. The summed E-state index contributed by atoms with van der Waals surface area (Å²) in [5.74, 6) is 0. The maximum atomic E-state index is 13.3. The first kappa shape index (κ1) is 20.7. The summed E-state index contributed by atoms with van der Waals surface area (Å²) in [6, 6.07) is 25.9. The summed E-state index contributed by atoms with van der Waals surface area (Å²) in [6.45, 7) is 0. The molecule has 0 unspecified atom stereocenters. The van der Waals surface area contributed by atoms with E-state index in [1.165, 1.54) is 0 Å². The van der Waals surface area contributed by atoms with Crippen LogP contribution in [0.1, 0.15) is 0 Å². The summed E-state index contributed by atoms with van der Waals surface area (Å²) < 4.78 is 26.5. The molecular weight excluding hydrogens is 350 g/mol. The second-order valence-corrected chi connectivity index (χ2v) is 7.34. The van der Waals surface area contributed by atoms with Crippen molar-refractivity contribution in [2.24, 2.45) is 0 Å². The van der Waals surface area contributed by atoms with Crippen LogP contribution < -0.4 is 0 Å². The van der Waals surface area contributed by atoms with E-state index in [-0.39, 0.29) is 59.1 Å². The maximum absolute atomic E-state index is 13.3. The summed E-state index contributed by atoms with van der Waals surface area (Å²) in [7, 11) is -3.59. The average molecular weight is 366 g/mol. The van der Waals surface area contributed by atoms with E-state index in [1.807, 2.05) is 60.7 Å². The quantitative estimate of drug-likeness (QED) is 0.509. The van der Waals surface area contributed by atoms with E-state index in [1.54, 1.807) is 24.3 Å². The van der Waals surface area contributed by atoms with Gasteiger partial charge in [-0.1, -0.05) is 72.8 Å². The number of benzene rings is 4. The average Bonchev–Trinajstić information content (AvgIpc) is 2.60. The molecule has 0 aromatic heterocycles. The van der Waals surface area contributed by atoms with Crippen LogP contribution in [0.3, 0.4) is 0 Å². The van der Waals surface area contributed by atoms with Gasteiger partial charge in [0, 0.05) is 10.8 Å². The van der Waals surface area contributed by atoms with Crippen LogP contribution in [-0.2, 0) is 9.84 Å². The van der Waals surface area contributed by atoms with Crippen LogP contribution >= 0.6 is 0 Å². The van der Waals surface area contributed by atoms with Gasteiger partial charge in [0.1, 0.15) is 0 Å². The molecule has 116 valence electrons. The van der Waals surface area contributed by atoms with Gasteiger partial charge in [-0.05, 0) is 22.9 Å². The Hall–Kier alpha value is -0.650. The Kier molecular flexibility index (Phi) is 6.91. The molecule has 0 atom stereocenters. The normalized spacial score (nSPS) is 10.9. The summed E-state index contributed by atoms with van der Waals surface area (Å²) in [6.07, 6.45) is 0. The first-order chi connectivity index (χ1) is 11.2. The molecule has 4 aromatic rings. The molecule has 0 amide bonds. The Balaban J connectivity index is 0.00000113. The van der Waals surface area contributed by atoms with E-state index in [4.69, 9.17) is 0 Å². The fraction of sp³-hybridized carbons (Fsp3) is 0. The molecular formula is C20H16Na2O2S. The zero-order chi connectivity index (χ0) is 15.9. The van der Waals surface area contributed by atoms with Gasteiger partial charge >= 0.3 is 59.1 Å². The zero-order valence-electron chi connectivity index (χ0n) is 12.3. The molecule has 0 fully saturated rings. The Labute approximate surface area is 191 Å². The van der Waals surface area contributed by atoms with Gasteiger partial charge in [0.2, 0.25) is 9.84 Å². The van der Waals surface area contributed by atoms with Gasteiger partial charge in [-0.3, -0.25) is 0 Å². The first-order valence-electron chi connectivity index (χ1n) is 7.38. The van der Waals surface area contributed by atoms with Crippen molar-refractivity contribution in [3.8, 4) is 0 Å². The van der Waals surface area contributed by atoms with E-state index >= 15 is 0 Å². The van der Waals surface area contributed by atoms with Crippen LogP contribution in [0.15, 0.2) is 94.7 Å². The van der Waals surface area contributed by atoms with Gasteiger partial charge in [0.05, 0.1) is 9.79 Å². The molecule has 0 aliphatic carbocycles. The Morgan fingerprint density at radius 3 is 1.28 bits per heavy atom. The first-order valence-corrected chi connectivity index (χ1v) is 8.87. The van der Waals surface area contributed by atoms with Gasteiger partial charge in [-0.15, -0.1) is 0 Å². The van der Waals surface area contributed by atoms with Crippen molar-refractivity contribution in [1.29, 1.82) is 0 Å². The molecule has 2 nitrogen and oxygen atoms in total. The van der Waals surface area contributed by atoms with E-state index in [0.717, 1.165) is 21.5 Å². The monoisotopic (exact) mass is 366 g/mol. The van der Waals surface area contributed by atoms with Crippen molar-refractivity contribution < 1.29 is 8.42 Å². The standard InChI is InChI=1S/C20H14O2S.2Na.2H/c21-23(22,19-13-5-9-15-7-1-3-11-17(15)19)20-14-6-10-16-8-2-4-12-18(16)20;;;;/h1-14H;;;;. The van der Waals surface area contributed by atoms with Gasteiger partial charge in [0.25, 0.3) is 0 Å². The van der Waals surface area contributed by atoms with Crippen LogP contribution in [0.4, 0.5) is 0 Å². The number of sulfone groups is 1. The Bertz CT molecular complexity index is 1040.